The van der Waals surface area contributed by atoms with Gasteiger partial charge in [-0.25, -0.2) is 8.78 Å². The van der Waals surface area contributed by atoms with Gasteiger partial charge in [-0.2, -0.15) is 24.0 Å². The first-order chi connectivity index (χ1) is 23.6. The van der Waals surface area contributed by atoms with E-state index >= 15 is 8.78 Å². The van der Waals surface area contributed by atoms with Crippen molar-refractivity contribution in [1.29, 1.82) is 5.26 Å². The lowest BCUT2D eigenvalue weighted by molar-refractivity contribution is 0.108. The second-order valence-corrected chi connectivity index (χ2v) is 15.3. The summed E-state index contributed by atoms with van der Waals surface area (Å²) in [6.07, 6.45) is 2.53. The van der Waals surface area contributed by atoms with Gasteiger partial charge < -0.3 is 20.7 Å². The van der Waals surface area contributed by atoms with Crippen LogP contribution in [0.5, 0.6) is 6.01 Å². The van der Waals surface area contributed by atoms with Crippen molar-refractivity contribution in [3.63, 3.8) is 0 Å². The van der Waals surface area contributed by atoms with E-state index in [1.165, 1.54) is 12.1 Å². The van der Waals surface area contributed by atoms with Gasteiger partial charge in [0.15, 0.2) is 5.82 Å². The average Bonchev–Trinajstić information content (AvgIpc) is 3.82. The molecule has 2 aromatic carbocycles. The molecule has 4 saturated heterocycles. The summed E-state index contributed by atoms with van der Waals surface area (Å²) >= 11 is 8.12. The maximum Gasteiger partial charge on any atom is 0.319 e. The Kier molecular flexibility index (Phi) is 6.98. The number of fused-ring (bicyclic) bond motifs is 7. The van der Waals surface area contributed by atoms with E-state index in [4.69, 9.17) is 27.1 Å². The van der Waals surface area contributed by atoms with Crippen LogP contribution >= 0.6 is 22.9 Å². The Morgan fingerprint density at radius 1 is 1.22 bits per heavy atom. The lowest BCUT2D eigenvalue weighted by atomic mass is 9.90. The van der Waals surface area contributed by atoms with Crippen molar-refractivity contribution in [2.75, 3.05) is 36.9 Å². The lowest BCUT2D eigenvalue weighted by Crippen LogP contribution is -2.58. The molecule has 9 rings (SSSR count). The summed E-state index contributed by atoms with van der Waals surface area (Å²) in [6, 6.07) is 4.91. The predicted molar refractivity (Wildman–Crippen MR) is 182 cm³/mol. The second kappa shape index (κ2) is 11.0. The molecule has 0 unspecified atom stereocenters. The van der Waals surface area contributed by atoms with Crippen LogP contribution in [0, 0.1) is 23.0 Å². The van der Waals surface area contributed by atoms with Gasteiger partial charge in [0.2, 0.25) is 0 Å². The molecule has 3 N–H and O–H groups in total. The molecule has 14 heteroatoms. The fraction of sp³-hybridized carbons (Fsp3) is 0.400. The van der Waals surface area contributed by atoms with Gasteiger partial charge in [-0.1, -0.05) is 24.2 Å². The fourth-order valence-corrected chi connectivity index (χ4v) is 10.4. The molecule has 5 aliphatic heterocycles. The summed E-state index contributed by atoms with van der Waals surface area (Å²) in [4.78, 5) is 13.8. The van der Waals surface area contributed by atoms with E-state index in [0.717, 1.165) is 30.6 Å². The highest BCUT2D eigenvalue weighted by molar-refractivity contribution is 7.23. The van der Waals surface area contributed by atoms with Crippen LogP contribution in [0.25, 0.3) is 37.7 Å². The highest BCUT2D eigenvalue weighted by Gasteiger charge is 2.49. The Balaban J connectivity index is 1.27. The van der Waals surface area contributed by atoms with Gasteiger partial charge in [0.05, 0.1) is 26.2 Å². The molecule has 0 aliphatic carbocycles. The van der Waals surface area contributed by atoms with Crippen LogP contribution in [-0.2, 0) is 0 Å². The van der Waals surface area contributed by atoms with Gasteiger partial charge in [-0.15, -0.1) is 11.3 Å². The van der Waals surface area contributed by atoms with Gasteiger partial charge >= 0.3 is 6.01 Å². The van der Waals surface area contributed by atoms with Gasteiger partial charge in [0.25, 0.3) is 6.08 Å². The number of benzene rings is 2. The van der Waals surface area contributed by atoms with Crippen LogP contribution in [0.15, 0.2) is 30.4 Å². The monoisotopic (exact) mass is 707 g/mol. The number of nitrogen functional groups attached to an aromatic ring is 1. The first kappa shape index (κ1) is 31.1. The van der Waals surface area contributed by atoms with E-state index in [2.05, 4.69) is 27.8 Å². The van der Waals surface area contributed by atoms with Gasteiger partial charge in [-0.05, 0) is 62.3 Å². The number of nitrogens with one attached hydrogen (secondary N) is 1. The standard InChI is InChI=1S/C35H30ClF4N7OS/c1-15-9-22-21-6-3-17(43-21)13-47(22)33-26-23(15)27(36)25(18-4-5-20(37)30-24(18)19(11-41)32(42)49-30)28(38)29(26)44-34(45-33)48-14-35-7-2-8-46(35)12-16(10-35)31(39)40/h4-5,17,21-22,43H,1-3,6-10,12-14,42H2/t17-,21+,22+,35+/m1/s1. The zero-order valence-corrected chi connectivity index (χ0v) is 27.8. The van der Waals surface area contributed by atoms with Gasteiger partial charge in [-0.3, -0.25) is 4.90 Å². The number of nitrogens with two attached hydrogens (primary N) is 1. The van der Waals surface area contributed by atoms with Crippen LogP contribution in [-0.4, -0.2) is 64.8 Å². The first-order valence-electron chi connectivity index (χ1n) is 16.3. The molecule has 0 spiro atoms. The Labute approximate surface area is 287 Å². The Bertz CT molecular complexity index is 2210. The van der Waals surface area contributed by atoms with Crippen molar-refractivity contribution >= 4 is 60.3 Å². The van der Waals surface area contributed by atoms with Crippen LogP contribution < -0.4 is 20.7 Å². The summed E-state index contributed by atoms with van der Waals surface area (Å²) < 4.78 is 66.2. The van der Waals surface area contributed by atoms with Crippen LogP contribution in [0.4, 0.5) is 28.4 Å². The quantitative estimate of drug-likeness (QED) is 0.212. The summed E-state index contributed by atoms with van der Waals surface area (Å²) in [5, 5.41) is 14.4. The minimum absolute atomic E-state index is 0.0384. The molecule has 4 atom stereocenters. The molecule has 5 aliphatic rings. The van der Waals surface area contributed by atoms with Crippen molar-refractivity contribution in [2.24, 2.45) is 0 Å². The first-order valence-corrected chi connectivity index (χ1v) is 17.5. The number of ether oxygens (including phenoxy) is 1. The van der Waals surface area contributed by atoms with Crippen LogP contribution in [0.2, 0.25) is 5.02 Å². The smallest absolute Gasteiger partial charge is 0.319 e. The molecule has 2 bridgehead atoms. The number of thiophene rings is 1. The lowest BCUT2D eigenvalue weighted by Gasteiger charge is -2.41. The number of anilines is 2. The molecule has 0 saturated carbocycles. The van der Waals surface area contributed by atoms with Crippen LogP contribution in [0.3, 0.4) is 0 Å². The Hall–Kier alpha value is -3.96. The van der Waals surface area contributed by atoms with Gasteiger partial charge in [0, 0.05) is 53.3 Å². The van der Waals surface area contributed by atoms with E-state index in [1.807, 2.05) is 4.90 Å². The van der Waals surface area contributed by atoms with Crippen LogP contribution in [0.1, 0.15) is 49.7 Å². The van der Waals surface area contributed by atoms with Crippen molar-refractivity contribution in [3.8, 4) is 23.2 Å². The van der Waals surface area contributed by atoms with Crippen molar-refractivity contribution in [1.82, 2.24) is 20.2 Å². The number of piperazine rings is 1. The Morgan fingerprint density at radius 3 is 2.86 bits per heavy atom. The Morgan fingerprint density at radius 2 is 2.06 bits per heavy atom. The topological polar surface area (TPSA) is 103 Å². The largest absolute Gasteiger partial charge is 0.461 e. The van der Waals surface area contributed by atoms with E-state index in [0.29, 0.717) is 48.3 Å². The molecule has 7 heterocycles. The molecule has 4 aromatic rings. The molecule has 0 radical (unpaired) electrons. The van der Waals surface area contributed by atoms with Crippen molar-refractivity contribution < 1.29 is 22.3 Å². The summed E-state index contributed by atoms with van der Waals surface area (Å²) in [6.45, 7) is 5.98. The second-order valence-electron chi connectivity index (χ2n) is 13.8. The minimum Gasteiger partial charge on any atom is -0.461 e. The third kappa shape index (κ3) is 4.46. The molecule has 2 aromatic heterocycles. The third-order valence-electron chi connectivity index (χ3n) is 11.2. The molecular weight excluding hydrogens is 678 g/mol. The van der Waals surface area contributed by atoms with E-state index in [1.54, 1.807) is 0 Å². The molecule has 8 nitrogen and oxygen atoms in total. The maximum absolute atomic E-state index is 17.3. The molecule has 0 amide bonds. The van der Waals surface area contributed by atoms with Crippen molar-refractivity contribution in [2.45, 2.75) is 62.2 Å². The highest BCUT2D eigenvalue weighted by Crippen LogP contribution is 2.52. The number of nitriles is 1. The van der Waals surface area contributed by atoms with E-state index in [9.17, 15) is 14.0 Å². The van der Waals surface area contributed by atoms with E-state index in [-0.39, 0.29) is 91.6 Å². The summed E-state index contributed by atoms with van der Waals surface area (Å²) in [7, 11) is 0. The molecule has 49 heavy (non-hydrogen) atoms. The normalized spacial score (nSPS) is 26.0. The summed E-state index contributed by atoms with van der Waals surface area (Å²) in [5.41, 5.74) is 6.92. The number of nitrogens with zero attached hydrogens (tertiary/aromatic N) is 5. The third-order valence-corrected chi connectivity index (χ3v) is 12.6. The SMILES string of the molecule is C=C1C[C@H]2[C@@H]3CC[C@H](CN2c2nc(OC[C@@]45CCCN4CC(=C(F)F)C5)nc4c(F)c(-c5ccc(F)c6sc(N)c(C#N)c56)c(Cl)c1c24)N3. The average molecular weight is 708 g/mol. The highest BCUT2D eigenvalue weighted by atomic mass is 35.5. The zero-order chi connectivity index (χ0) is 33.9. The molecule has 4 fully saturated rings. The predicted octanol–water partition coefficient (Wildman–Crippen LogP) is 7.39. The number of rotatable bonds is 4. The summed E-state index contributed by atoms with van der Waals surface area (Å²) in [5.74, 6) is -0.891. The maximum atomic E-state index is 17.3. The number of halogens is 5. The number of hydrogen-bond donors (Lipinski definition) is 2. The fourth-order valence-electron chi connectivity index (χ4n) is 9.02. The number of aromatic nitrogens is 2. The van der Waals surface area contributed by atoms with E-state index < -0.39 is 23.3 Å². The number of hydrogen-bond acceptors (Lipinski definition) is 9. The molecular formula is C35H30ClF4N7OS. The zero-order valence-electron chi connectivity index (χ0n) is 26.2. The molecule has 252 valence electrons. The minimum atomic E-state index is -1.66. The van der Waals surface area contributed by atoms with Gasteiger partial charge in [0.1, 0.15) is 34.8 Å². The van der Waals surface area contributed by atoms with Crippen molar-refractivity contribution in [3.05, 3.63) is 58.1 Å².